The summed E-state index contributed by atoms with van der Waals surface area (Å²) in [4.78, 5) is 20.9. The van der Waals surface area contributed by atoms with Crippen LogP contribution in [-0.2, 0) is 0 Å². The highest BCUT2D eigenvalue weighted by Gasteiger charge is 2.19. The third-order valence-corrected chi connectivity index (χ3v) is 3.42. The monoisotopic (exact) mass is 314 g/mol. The average molecular weight is 314 g/mol. The number of amides is 1. The number of hydrogen-bond acceptors (Lipinski definition) is 5. The van der Waals surface area contributed by atoms with Crippen LogP contribution in [0.25, 0.3) is 5.78 Å². The number of carbonyl (C=O) groups is 1. The molecule has 23 heavy (non-hydrogen) atoms. The van der Waals surface area contributed by atoms with Gasteiger partial charge in [0.2, 0.25) is 5.78 Å². The Morgan fingerprint density at radius 2 is 2.30 bits per heavy atom. The minimum Gasteiger partial charge on any atom is -0.465 e. The number of imidazole rings is 1. The molecule has 3 aromatic rings. The molecule has 0 aliphatic heterocycles. The molecule has 3 heterocycles. The number of furan rings is 1. The number of carbonyl (C=O) groups excluding carboxylic acids is 1. The fourth-order valence-corrected chi connectivity index (χ4v) is 2.29. The zero-order chi connectivity index (χ0) is 16.2. The maximum Gasteiger partial charge on any atom is 0.287 e. The van der Waals surface area contributed by atoms with Crippen LogP contribution in [0, 0.1) is 0 Å². The Morgan fingerprint density at radius 1 is 1.43 bits per heavy atom. The number of hydrogen-bond donors (Lipinski definition) is 1. The van der Waals surface area contributed by atoms with E-state index in [1.165, 1.54) is 0 Å². The second-order valence-corrected chi connectivity index (χ2v) is 4.98. The van der Waals surface area contributed by atoms with Crippen molar-refractivity contribution in [1.29, 1.82) is 0 Å². The molecule has 0 aliphatic rings. The van der Waals surface area contributed by atoms with Crippen LogP contribution < -0.4 is 10.1 Å². The third-order valence-electron chi connectivity index (χ3n) is 3.42. The highest BCUT2D eigenvalue weighted by atomic mass is 16.6. The maximum absolute atomic E-state index is 12.3. The van der Waals surface area contributed by atoms with E-state index >= 15 is 0 Å². The van der Waals surface area contributed by atoms with Gasteiger partial charge in [0.05, 0.1) is 18.3 Å². The summed E-state index contributed by atoms with van der Waals surface area (Å²) in [6.45, 7) is 4.32. The molecular weight excluding hydrogens is 296 g/mol. The zero-order valence-corrected chi connectivity index (χ0v) is 13.0. The number of fused-ring (bicyclic) bond motifs is 1. The van der Waals surface area contributed by atoms with Crippen LogP contribution in [0.1, 0.15) is 42.6 Å². The topological polar surface area (TPSA) is 81.7 Å². The van der Waals surface area contributed by atoms with Crippen LogP contribution in [0.15, 0.2) is 41.2 Å². The summed E-state index contributed by atoms with van der Waals surface area (Å²) in [5, 5.41) is 2.92. The number of nitrogens with zero attached hydrogens (tertiary/aromatic N) is 3. The number of ether oxygens (including phenoxy) is 1. The highest BCUT2D eigenvalue weighted by molar-refractivity contribution is 5.91. The van der Waals surface area contributed by atoms with E-state index in [0.717, 1.165) is 5.69 Å². The van der Waals surface area contributed by atoms with E-state index in [1.54, 1.807) is 18.3 Å². The predicted octanol–water partition coefficient (Wildman–Crippen LogP) is 2.60. The van der Waals surface area contributed by atoms with Crippen molar-refractivity contribution < 1.29 is 13.9 Å². The van der Waals surface area contributed by atoms with E-state index in [-0.39, 0.29) is 17.7 Å². The lowest BCUT2D eigenvalue weighted by molar-refractivity contribution is 0.0898. The Bertz CT molecular complexity index is 775. The summed E-state index contributed by atoms with van der Waals surface area (Å²) in [6.07, 6.45) is 6.12. The molecular formula is C16H18N4O3. The lowest BCUT2D eigenvalue weighted by Gasteiger charge is -2.13. The van der Waals surface area contributed by atoms with E-state index in [2.05, 4.69) is 15.3 Å². The molecule has 1 N–H and O–H groups in total. The highest BCUT2D eigenvalue weighted by Crippen LogP contribution is 2.19. The first-order chi connectivity index (χ1) is 11.2. The van der Waals surface area contributed by atoms with Gasteiger partial charge >= 0.3 is 0 Å². The van der Waals surface area contributed by atoms with Crippen molar-refractivity contribution in [2.24, 2.45) is 0 Å². The molecule has 0 aromatic carbocycles. The summed E-state index contributed by atoms with van der Waals surface area (Å²) >= 11 is 0. The van der Waals surface area contributed by atoms with Gasteiger partial charge in [-0.05, 0) is 25.5 Å². The molecule has 120 valence electrons. The average Bonchev–Trinajstić information content (AvgIpc) is 3.19. The van der Waals surface area contributed by atoms with Gasteiger partial charge < -0.3 is 14.5 Å². The quantitative estimate of drug-likeness (QED) is 0.756. The Morgan fingerprint density at radius 3 is 3.04 bits per heavy atom. The largest absolute Gasteiger partial charge is 0.465 e. The number of nitrogens with one attached hydrogen (secondary N) is 1. The number of rotatable bonds is 6. The first-order valence-corrected chi connectivity index (χ1v) is 7.54. The molecule has 1 atom stereocenters. The van der Waals surface area contributed by atoms with Crippen LogP contribution in [-0.4, -0.2) is 26.9 Å². The van der Waals surface area contributed by atoms with Crippen molar-refractivity contribution in [2.45, 2.75) is 26.3 Å². The van der Waals surface area contributed by atoms with Crippen molar-refractivity contribution in [3.8, 4) is 5.95 Å². The molecule has 0 unspecified atom stereocenters. The summed E-state index contributed by atoms with van der Waals surface area (Å²) in [5.41, 5.74) is 0.760. The lowest BCUT2D eigenvalue weighted by Crippen LogP contribution is -2.28. The van der Waals surface area contributed by atoms with Crippen LogP contribution in [0.3, 0.4) is 0 Å². The van der Waals surface area contributed by atoms with Crippen molar-refractivity contribution in [3.63, 3.8) is 0 Å². The van der Waals surface area contributed by atoms with Gasteiger partial charge in [0.25, 0.3) is 11.9 Å². The lowest BCUT2D eigenvalue weighted by atomic mass is 10.1. The molecule has 0 fully saturated rings. The normalized spacial score (nSPS) is 12.3. The molecule has 7 heteroatoms. The minimum atomic E-state index is -0.298. The van der Waals surface area contributed by atoms with Gasteiger partial charge in [0, 0.05) is 24.7 Å². The Kier molecular flexibility index (Phi) is 4.27. The maximum atomic E-state index is 12.3. The van der Waals surface area contributed by atoms with Crippen LogP contribution >= 0.6 is 0 Å². The molecule has 3 rings (SSSR count). The number of aromatic nitrogens is 3. The van der Waals surface area contributed by atoms with E-state index in [9.17, 15) is 4.79 Å². The van der Waals surface area contributed by atoms with E-state index < -0.39 is 0 Å². The molecule has 0 aliphatic carbocycles. The minimum absolute atomic E-state index is 0.216. The molecule has 0 radical (unpaired) electrons. The van der Waals surface area contributed by atoms with Crippen molar-refractivity contribution in [3.05, 3.63) is 48.2 Å². The fourth-order valence-electron chi connectivity index (χ4n) is 2.29. The fraction of sp³-hybridized carbons (Fsp3) is 0.312. The standard InChI is InChI=1S/C16H18N4O3/c1-3-11(12-10-20-9-5-8-17-16(20)19-12)18-15(21)13-6-7-14(23-13)22-4-2/h5-11H,3-4H2,1-2H3,(H,18,21)/t11-/m1/s1. The predicted molar refractivity (Wildman–Crippen MR) is 83.4 cm³/mol. The molecule has 0 bridgehead atoms. The van der Waals surface area contributed by atoms with Crippen LogP contribution in [0.5, 0.6) is 5.95 Å². The molecule has 0 saturated carbocycles. The first-order valence-electron chi connectivity index (χ1n) is 7.54. The third kappa shape index (κ3) is 3.18. The SMILES string of the molecule is CCOc1ccc(C(=O)N[C@H](CC)c2cn3cccnc3n2)o1. The van der Waals surface area contributed by atoms with Gasteiger partial charge in [-0.1, -0.05) is 6.92 Å². The Hall–Kier alpha value is -2.83. The second kappa shape index (κ2) is 6.51. The van der Waals surface area contributed by atoms with Gasteiger partial charge in [-0.3, -0.25) is 9.20 Å². The molecule has 1 amide bonds. The van der Waals surface area contributed by atoms with Crippen LogP contribution in [0.4, 0.5) is 0 Å². The van der Waals surface area contributed by atoms with E-state index in [0.29, 0.717) is 24.8 Å². The van der Waals surface area contributed by atoms with E-state index in [1.807, 2.05) is 36.7 Å². The molecule has 7 nitrogen and oxygen atoms in total. The molecule has 0 spiro atoms. The first kappa shape index (κ1) is 15.1. The van der Waals surface area contributed by atoms with Gasteiger partial charge in [-0.15, -0.1) is 0 Å². The van der Waals surface area contributed by atoms with Gasteiger partial charge in [-0.25, -0.2) is 9.97 Å². The molecule has 0 saturated heterocycles. The summed E-state index contributed by atoms with van der Waals surface area (Å²) in [5.74, 6) is 0.857. The van der Waals surface area contributed by atoms with Gasteiger partial charge in [-0.2, -0.15) is 0 Å². The van der Waals surface area contributed by atoms with Crippen LogP contribution in [0.2, 0.25) is 0 Å². The van der Waals surface area contributed by atoms with E-state index in [4.69, 9.17) is 9.15 Å². The zero-order valence-electron chi connectivity index (χ0n) is 13.0. The second-order valence-electron chi connectivity index (χ2n) is 4.98. The van der Waals surface area contributed by atoms with Crippen molar-refractivity contribution >= 4 is 11.7 Å². The summed E-state index contributed by atoms with van der Waals surface area (Å²) in [6, 6.07) is 4.84. The van der Waals surface area contributed by atoms with Crippen molar-refractivity contribution in [2.75, 3.05) is 6.61 Å². The summed E-state index contributed by atoms with van der Waals surface area (Å²) in [7, 11) is 0. The van der Waals surface area contributed by atoms with Gasteiger partial charge in [0.15, 0.2) is 5.76 Å². The van der Waals surface area contributed by atoms with Crippen molar-refractivity contribution in [1.82, 2.24) is 19.7 Å². The Balaban J connectivity index is 1.76. The smallest absolute Gasteiger partial charge is 0.287 e. The van der Waals surface area contributed by atoms with Gasteiger partial charge in [0.1, 0.15) is 0 Å². The Labute approximate surface area is 133 Å². The molecule has 3 aromatic heterocycles. The summed E-state index contributed by atoms with van der Waals surface area (Å²) < 4.78 is 12.4.